The molecule has 1 rings (SSSR count). The van der Waals surface area contributed by atoms with E-state index in [-0.39, 0.29) is 5.41 Å². The van der Waals surface area contributed by atoms with Crippen LogP contribution in [0.4, 0.5) is 0 Å². The van der Waals surface area contributed by atoms with E-state index in [1.807, 2.05) is 0 Å². The van der Waals surface area contributed by atoms with Crippen molar-refractivity contribution in [3.63, 3.8) is 0 Å². The summed E-state index contributed by atoms with van der Waals surface area (Å²) in [6.45, 7) is 3.16. The molecule has 11 heavy (non-hydrogen) atoms. The van der Waals surface area contributed by atoms with Gasteiger partial charge >= 0.3 is 0 Å². The Morgan fingerprint density at radius 2 is 2.18 bits per heavy atom. The van der Waals surface area contributed by atoms with Crippen LogP contribution in [0.1, 0.15) is 32.6 Å². The molecule has 1 saturated carbocycles. The van der Waals surface area contributed by atoms with Gasteiger partial charge in [-0.2, -0.15) is 0 Å². The van der Waals surface area contributed by atoms with Crippen molar-refractivity contribution < 1.29 is 5.11 Å². The van der Waals surface area contributed by atoms with E-state index in [1.54, 1.807) is 0 Å². The topological polar surface area (TPSA) is 46.2 Å². The molecule has 0 aliphatic heterocycles. The molecule has 0 amide bonds. The molecule has 1 aliphatic carbocycles. The van der Waals surface area contributed by atoms with Gasteiger partial charge in [-0.05, 0) is 37.1 Å². The van der Waals surface area contributed by atoms with Crippen molar-refractivity contribution in [1.82, 2.24) is 0 Å². The summed E-state index contributed by atoms with van der Waals surface area (Å²) in [5.41, 5.74) is 5.61. The van der Waals surface area contributed by atoms with E-state index in [0.717, 1.165) is 12.3 Å². The number of aliphatic hydroxyl groups excluding tert-OH is 1. The molecule has 0 aromatic rings. The fourth-order valence-corrected chi connectivity index (χ4v) is 1.85. The third-order valence-corrected chi connectivity index (χ3v) is 3.17. The lowest BCUT2D eigenvalue weighted by atomic mass is 9.65. The van der Waals surface area contributed by atoms with Gasteiger partial charge in [0.15, 0.2) is 0 Å². The minimum Gasteiger partial charge on any atom is -0.396 e. The molecule has 1 atom stereocenters. The second-order valence-electron chi connectivity index (χ2n) is 3.98. The fraction of sp³-hybridized carbons (Fsp3) is 1.00. The van der Waals surface area contributed by atoms with Gasteiger partial charge in [0.1, 0.15) is 0 Å². The molecule has 2 nitrogen and oxygen atoms in total. The van der Waals surface area contributed by atoms with Crippen molar-refractivity contribution in [3.05, 3.63) is 0 Å². The molecule has 0 aromatic carbocycles. The summed E-state index contributed by atoms with van der Waals surface area (Å²) in [6.07, 6.45) is 4.88. The molecular weight excluding hydrogens is 138 g/mol. The first kappa shape index (κ1) is 9.01. The summed E-state index contributed by atoms with van der Waals surface area (Å²) in [5, 5.41) is 9.20. The Morgan fingerprint density at radius 1 is 1.55 bits per heavy atom. The summed E-state index contributed by atoms with van der Waals surface area (Å²) < 4.78 is 0. The van der Waals surface area contributed by atoms with Crippen LogP contribution in [0, 0.1) is 11.3 Å². The van der Waals surface area contributed by atoms with Crippen LogP contribution in [0.15, 0.2) is 0 Å². The van der Waals surface area contributed by atoms with Crippen molar-refractivity contribution in [3.8, 4) is 0 Å². The fourth-order valence-electron chi connectivity index (χ4n) is 1.85. The van der Waals surface area contributed by atoms with Gasteiger partial charge in [-0.15, -0.1) is 0 Å². The molecule has 1 unspecified atom stereocenters. The highest BCUT2D eigenvalue weighted by Crippen LogP contribution is 2.43. The van der Waals surface area contributed by atoms with Gasteiger partial charge in [-0.3, -0.25) is 0 Å². The molecule has 1 aliphatic rings. The van der Waals surface area contributed by atoms with E-state index in [2.05, 4.69) is 6.92 Å². The first-order valence-electron chi connectivity index (χ1n) is 4.54. The molecule has 1 fully saturated rings. The third-order valence-electron chi connectivity index (χ3n) is 3.17. The monoisotopic (exact) mass is 157 g/mol. The predicted molar refractivity (Wildman–Crippen MR) is 46.2 cm³/mol. The number of aliphatic hydroxyl groups is 1. The zero-order valence-corrected chi connectivity index (χ0v) is 7.34. The van der Waals surface area contributed by atoms with Gasteiger partial charge in [0.05, 0.1) is 0 Å². The zero-order chi connectivity index (χ0) is 8.32. The molecule has 3 N–H and O–H groups in total. The summed E-state index contributed by atoms with van der Waals surface area (Å²) in [7, 11) is 0. The molecule has 0 radical (unpaired) electrons. The summed E-state index contributed by atoms with van der Waals surface area (Å²) in [4.78, 5) is 0. The SMILES string of the molecule is CC(CO)(CCN)C1CCC1. The Kier molecular flexibility index (Phi) is 2.90. The Morgan fingerprint density at radius 3 is 2.45 bits per heavy atom. The molecule has 0 aromatic heterocycles. The van der Waals surface area contributed by atoms with Crippen LogP contribution < -0.4 is 5.73 Å². The Hall–Kier alpha value is -0.0800. The number of hydrogen-bond acceptors (Lipinski definition) is 2. The number of hydrogen-bond donors (Lipinski definition) is 2. The zero-order valence-electron chi connectivity index (χ0n) is 7.34. The lowest BCUT2D eigenvalue weighted by molar-refractivity contribution is 0.0289. The van der Waals surface area contributed by atoms with Gasteiger partial charge < -0.3 is 10.8 Å². The van der Waals surface area contributed by atoms with Crippen LogP contribution in [-0.2, 0) is 0 Å². The third kappa shape index (κ3) is 1.74. The second kappa shape index (κ2) is 3.55. The highest BCUT2D eigenvalue weighted by molar-refractivity contribution is 4.87. The van der Waals surface area contributed by atoms with E-state index in [4.69, 9.17) is 5.73 Å². The summed E-state index contributed by atoms with van der Waals surface area (Å²) in [6, 6.07) is 0. The van der Waals surface area contributed by atoms with Crippen LogP contribution in [0.2, 0.25) is 0 Å². The van der Waals surface area contributed by atoms with Crippen LogP contribution in [0.3, 0.4) is 0 Å². The number of nitrogens with two attached hydrogens (primary N) is 1. The van der Waals surface area contributed by atoms with Crippen molar-refractivity contribution in [2.45, 2.75) is 32.6 Å². The average Bonchev–Trinajstić information content (AvgIpc) is 1.84. The van der Waals surface area contributed by atoms with Crippen molar-refractivity contribution in [2.24, 2.45) is 17.1 Å². The summed E-state index contributed by atoms with van der Waals surface area (Å²) >= 11 is 0. The maximum Gasteiger partial charge on any atom is 0.0487 e. The van der Waals surface area contributed by atoms with E-state index in [0.29, 0.717) is 13.2 Å². The quantitative estimate of drug-likeness (QED) is 0.642. The number of rotatable bonds is 4. The molecule has 2 heteroatoms. The van der Waals surface area contributed by atoms with Crippen molar-refractivity contribution in [1.29, 1.82) is 0 Å². The molecule has 0 bridgehead atoms. The van der Waals surface area contributed by atoms with Crippen molar-refractivity contribution >= 4 is 0 Å². The van der Waals surface area contributed by atoms with E-state index in [9.17, 15) is 5.11 Å². The predicted octanol–water partition coefficient (Wildman–Crippen LogP) is 1.13. The molecular formula is C9H19NO. The Balaban J connectivity index is 2.43. The molecule has 0 spiro atoms. The lowest BCUT2D eigenvalue weighted by Gasteiger charge is -2.41. The van der Waals surface area contributed by atoms with Gasteiger partial charge in [-0.1, -0.05) is 13.3 Å². The largest absolute Gasteiger partial charge is 0.396 e. The minimum absolute atomic E-state index is 0.118. The van der Waals surface area contributed by atoms with Gasteiger partial charge in [0, 0.05) is 6.61 Å². The van der Waals surface area contributed by atoms with E-state index < -0.39 is 0 Å². The first-order chi connectivity index (χ1) is 5.23. The molecule has 0 saturated heterocycles. The van der Waals surface area contributed by atoms with Gasteiger partial charge in [0.25, 0.3) is 0 Å². The lowest BCUT2D eigenvalue weighted by Crippen LogP contribution is -2.37. The highest BCUT2D eigenvalue weighted by atomic mass is 16.3. The Bertz CT molecular complexity index is 123. The van der Waals surface area contributed by atoms with Gasteiger partial charge in [-0.25, -0.2) is 0 Å². The van der Waals surface area contributed by atoms with E-state index >= 15 is 0 Å². The van der Waals surface area contributed by atoms with Gasteiger partial charge in [0.2, 0.25) is 0 Å². The minimum atomic E-state index is 0.118. The smallest absolute Gasteiger partial charge is 0.0487 e. The normalized spacial score (nSPS) is 24.3. The average molecular weight is 157 g/mol. The highest BCUT2D eigenvalue weighted by Gasteiger charge is 2.36. The molecule has 0 heterocycles. The molecule has 66 valence electrons. The second-order valence-corrected chi connectivity index (χ2v) is 3.98. The van der Waals surface area contributed by atoms with Crippen LogP contribution in [0.25, 0.3) is 0 Å². The Labute approximate surface area is 68.8 Å². The summed E-state index contributed by atoms with van der Waals surface area (Å²) in [5.74, 6) is 0.732. The van der Waals surface area contributed by atoms with Crippen LogP contribution in [0.5, 0.6) is 0 Å². The van der Waals surface area contributed by atoms with Crippen molar-refractivity contribution in [2.75, 3.05) is 13.2 Å². The maximum absolute atomic E-state index is 9.20. The maximum atomic E-state index is 9.20. The van der Waals surface area contributed by atoms with Crippen LogP contribution >= 0.6 is 0 Å². The van der Waals surface area contributed by atoms with Crippen LogP contribution in [-0.4, -0.2) is 18.3 Å². The first-order valence-corrected chi connectivity index (χ1v) is 4.54. The standard InChI is InChI=1S/C9H19NO/c1-9(7-11,5-6-10)8-3-2-4-8/h8,11H,2-7,10H2,1H3. The van der Waals surface area contributed by atoms with E-state index in [1.165, 1.54) is 19.3 Å².